The topological polar surface area (TPSA) is 28.3 Å². The van der Waals surface area contributed by atoms with Gasteiger partial charge in [-0.2, -0.15) is 0 Å². The van der Waals surface area contributed by atoms with Crippen LogP contribution < -0.4 is 0 Å². The summed E-state index contributed by atoms with van der Waals surface area (Å²) in [7, 11) is 1.76. The number of methoxy groups -OCH3 is 1. The van der Waals surface area contributed by atoms with Crippen LogP contribution in [0.15, 0.2) is 54.7 Å². The number of rotatable bonds is 7. The Balaban J connectivity index is 1.73. The van der Waals surface area contributed by atoms with Crippen LogP contribution in [0.1, 0.15) is 16.7 Å². The molecule has 1 aromatic heterocycles. The molecule has 0 aliphatic rings. The first kappa shape index (κ1) is 15.8. The van der Waals surface area contributed by atoms with E-state index in [0.717, 1.165) is 26.2 Å². The molecule has 0 spiro atoms. The lowest BCUT2D eigenvalue weighted by Crippen LogP contribution is -2.26. The van der Waals surface area contributed by atoms with Crippen LogP contribution in [0.25, 0.3) is 10.9 Å². The summed E-state index contributed by atoms with van der Waals surface area (Å²) < 4.78 is 5.28. The van der Waals surface area contributed by atoms with Crippen molar-refractivity contribution in [3.63, 3.8) is 0 Å². The van der Waals surface area contributed by atoms with E-state index in [-0.39, 0.29) is 0 Å². The largest absolute Gasteiger partial charge is 0.383 e. The van der Waals surface area contributed by atoms with Gasteiger partial charge in [0, 0.05) is 38.5 Å². The second-order valence-electron chi connectivity index (χ2n) is 6.09. The molecule has 0 aliphatic carbocycles. The third kappa shape index (κ3) is 4.21. The fourth-order valence-corrected chi connectivity index (χ4v) is 2.85. The first-order valence-corrected chi connectivity index (χ1v) is 8.07. The number of aromatic amines is 1. The molecular weight excluding hydrogens is 284 g/mol. The van der Waals surface area contributed by atoms with Crippen molar-refractivity contribution in [1.29, 1.82) is 0 Å². The molecular formula is C20H24N2O. The van der Waals surface area contributed by atoms with Gasteiger partial charge in [-0.25, -0.2) is 0 Å². The van der Waals surface area contributed by atoms with E-state index in [1.807, 2.05) is 6.20 Å². The van der Waals surface area contributed by atoms with Crippen LogP contribution in [-0.4, -0.2) is 30.1 Å². The SMILES string of the molecule is COCCN(Cc1ccc(C)cc1)Cc1ccc2[nH]ccc2c1. The summed E-state index contributed by atoms with van der Waals surface area (Å²) in [4.78, 5) is 5.68. The van der Waals surface area contributed by atoms with Crippen molar-refractivity contribution in [2.24, 2.45) is 0 Å². The van der Waals surface area contributed by atoms with Gasteiger partial charge < -0.3 is 9.72 Å². The molecule has 120 valence electrons. The molecule has 0 saturated carbocycles. The molecule has 1 N–H and O–H groups in total. The van der Waals surface area contributed by atoms with Crippen LogP contribution in [0, 0.1) is 6.92 Å². The molecule has 0 radical (unpaired) electrons. The number of aryl methyl sites for hydroxylation is 1. The quantitative estimate of drug-likeness (QED) is 0.711. The molecule has 0 amide bonds. The summed E-state index contributed by atoms with van der Waals surface area (Å²) in [6.07, 6.45) is 1.99. The number of hydrogen-bond acceptors (Lipinski definition) is 2. The maximum absolute atomic E-state index is 5.28. The fourth-order valence-electron chi connectivity index (χ4n) is 2.85. The Kier molecular flexibility index (Phi) is 5.11. The van der Waals surface area contributed by atoms with Crippen LogP contribution in [0.3, 0.4) is 0 Å². The second kappa shape index (κ2) is 7.44. The highest BCUT2D eigenvalue weighted by Crippen LogP contribution is 2.17. The Morgan fingerprint density at radius 1 is 0.957 bits per heavy atom. The van der Waals surface area contributed by atoms with Gasteiger partial charge in [-0.15, -0.1) is 0 Å². The lowest BCUT2D eigenvalue weighted by Gasteiger charge is -2.22. The summed E-state index contributed by atoms with van der Waals surface area (Å²) in [5.74, 6) is 0. The molecule has 0 unspecified atom stereocenters. The van der Waals surface area contributed by atoms with Crippen molar-refractivity contribution in [2.75, 3.05) is 20.3 Å². The minimum absolute atomic E-state index is 0.748. The Morgan fingerprint density at radius 3 is 2.48 bits per heavy atom. The molecule has 3 nitrogen and oxygen atoms in total. The highest BCUT2D eigenvalue weighted by atomic mass is 16.5. The maximum atomic E-state index is 5.28. The molecule has 0 bridgehead atoms. The van der Waals surface area contributed by atoms with Gasteiger partial charge in [0.25, 0.3) is 0 Å². The minimum atomic E-state index is 0.748. The van der Waals surface area contributed by atoms with Crippen molar-refractivity contribution >= 4 is 10.9 Å². The smallest absolute Gasteiger partial charge is 0.0589 e. The van der Waals surface area contributed by atoms with Gasteiger partial charge in [0.15, 0.2) is 0 Å². The van der Waals surface area contributed by atoms with Gasteiger partial charge in [-0.05, 0) is 41.6 Å². The number of nitrogens with zero attached hydrogens (tertiary/aromatic N) is 1. The Labute approximate surface area is 137 Å². The summed E-state index contributed by atoms with van der Waals surface area (Å²) in [5, 5.41) is 1.27. The first-order valence-electron chi connectivity index (χ1n) is 8.07. The van der Waals surface area contributed by atoms with Crippen LogP contribution in [0.2, 0.25) is 0 Å². The molecule has 3 heteroatoms. The molecule has 3 rings (SSSR count). The Morgan fingerprint density at radius 2 is 1.70 bits per heavy atom. The maximum Gasteiger partial charge on any atom is 0.0589 e. The number of nitrogens with one attached hydrogen (secondary N) is 1. The molecule has 0 saturated heterocycles. The van der Waals surface area contributed by atoms with Crippen molar-refractivity contribution in [2.45, 2.75) is 20.0 Å². The number of aromatic nitrogens is 1. The molecule has 1 heterocycles. The predicted octanol–water partition coefficient (Wildman–Crippen LogP) is 4.12. The van der Waals surface area contributed by atoms with Crippen LogP contribution in [0.5, 0.6) is 0 Å². The lowest BCUT2D eigenvalue weighted by molar-refractivity contribution is 0.140. The van der Waals surface area contributed by atoms with E-state index >= 15 is 0 Å². The summed E-state index contributed by atoms with van der Waals surface area (Å²) in [6, 6.07) is 17.5. The highest BCUT2D eigenvalue weighted by Gasteiger charge is 2.08. The van der Waals surface area contributed by atoms with Crippen molar-refractivity contribution < 1.29 is 4.74 Å². The number of hydrogen-bond donors (Lipinski definition) is 1. The average Bonchev–Trinajstić information content (AvgIpc) is 3.02. The third-order valence-electron chi connectivity index (χ3n) is 4.16. The van der Waals surface area contributed by atoms with Crippen LogP contribution in [-0.2, 0) is 17.8 Å². The van der Waals surface area contributed by atoms with E-state index in [1.54, 1.807) is 7.11 Å². The third-order valence-corrected chi connectivity index (χ3v) is 4.16. The van der Waals surface area contributed by atoms with Gasteiger partial charge in [0.2, 0.25) is 0 Å². The fraction of sp³-hybridized carbons (Fsp3) is 0.300. The van der Waals surface area contributed by atoms with Gasteiger partial charge in [0.05, 0.1) is 6.61 Å². The zero-order valence-corrected chi connectivity index (χ0v) is 13.9. The predicted molar refractivity (Wildman–Crippen MR) is 95.5 cm³/mol. The summed E-state index contributed by atoms with van der Waals surface area (Å²) >= 11 is 0. The van der Waals surface area contributed by atoms with E-state index in [2.05, 4.69) is 65.3 Å². The standard InChI is InChI=1S/C20H24N2O/c1-16-3-5-17(6-4-16)14-22(11-12-23-2)15-18-7-8-20-19(13-18)9-10-21-20/h3-10,13,21H,11-12,14-15H2,1-2H3. The lowest BCUT2D eigenvalue weighted by atomic mass is 10.1. The number of ether oxygens (including phenoxy) is 1. The monoisotopic (exact) mass is 308 g/mol. The first-order chi connectivity index (χ1) is 11.2. The van der Waals surface area contributed by atoms with Crippen molar-refractivity contribution in [3.8, 4) is 0 Å². The Hall–Kier alpha value is -2.10. The summed E-state index contributed by atoms with van der Waals surface area (Å²) in [6.45, 7) is 5.67. The van der Waals surface area contributed by atoms with E-state index in [0.29, 0.717) is 0 Å². The van der Waals surface area contributed by atoms with Gasteiger partial charge in [-0.1, -0.05) is 35.9 Å². The number of H-pyrrole nitrogens is 1. The molecule has 23 heavy (non-hydrogen) atoms. The van der Waals surface area contributed by atoms with E-state index in [9.17, 15) is 0 Å². The minimum Gasteiger partial charge on any atom is -0.383 e. The molecule has 0 fully saturated rings. The van der Waals surface area contributed by atoms with Gasteiger partial charge in [-0.3, -0.25) is 4.90 Å². The van der Waals surface area contributed by atoms with Crippen molar-refractivity contribution in [3.05, 3.63) is 71.4 Å². The summed E-state index contributed by atoms with van der Waals surface area (Å²) in [5.41, 5.74) is 5.17. The zero-order valence-electron chi connectivity index (χ0n) is 13.9. The highest BCUT2D eigenvalue weighted by molar-refractivity contribution is 5.79. The average molecular weight is 308 g/mol. The molecule has 0 aliphatic heterocycles. The normalized spacial score (nSPS) is 11.4. The molecule has 0 atom stereocenters. The van der Waals surface area contributed by atoms with Crippen molar-refractivity contribution in [1.82, 2.24) is 9.88 Å². The molecule has 2 aromatic carbocycles. The van der Waals surface area contributed by atoms with E-state index in [4.69, 9.17) is 4.74 Å². The number of fused-ring (bicyclic) bond motifs is 1. The van der Waals surface area contributed by atoms with E-state index < -0.39 is 0 Å². The van der Waals surface area contributed by atoms with Crippen LogP contribution in [0.4, 0.5) is 0 Å². The Bertz CT molecular complexity index is 746. The second-order valence-corrected chi connectivity index (χ2v) is 6.09. The van der Waals surface area contributed by atoms with Crippen LogP contribution >= 0.6 is 0 Å². The van der Waals surface area contributed by atoms with Gasteiger partial charge in [0.1, 0.15) is 0 Å². The zero-order chi connectivity index (χ0) is 16.1. The van der Waals surface area contributed by atoms with E-state index in [1.165, 1.54) is 27.6 Å². The molecule has 3 aromatic rings. The van der Waals surface area contributed by atoms with Gasteiger partial charge >= 0.3 is 0 Å². The number of benzene rings is 2.